The van der Waals surface area contributed by atoms with Gasteiger partial charge in [0.1, 0.15) is 12.4 Å². The molecule has 0 bridgehead atoms. The third-order valence-electron chi connectivity index (χ3n) is 4.25. The number of hydrogen-bond donors (Lipinski definition) is 0. The Labute approximate surface area is 127 Å². The number of ketones is 1. The molecule has 1 saturated carbocycles. The maximum atomic E-state index is 11.5. The summed E-state index contributed by atoms with van der Waals surface area (Å²) < 4.78 is 11.6. The third kappa shape index (κ3) is 4.85. The fourth-order valence-electron chi connectivity index (χ4n) is 2.79. The minimum Gasteiger partial charge on any atom is -0.490 e. The van der Waals surface area contributed by atoms with Gasteiger partial charge in [-0.25, -0.2) is 0 Å². The molecule has 2 rings (SSSR count). The van der Waals surface area contributed by atoms with Crippen molar-refractivity contribution in [3.8, 4) is 5.75 Å². The molecule has 21 heavy (non-hydrogen) atoms. The molecule has 0 spiro atoms. The molecule has 0 unspecified atom stereocenters. The average molecular weight is 290 g/mol. The first-order valence-electron chi connectivity index (χ1n) is 7.82. The smallest absolute Gasteiger partial charge is 0.163 e. The Bertz CT molecular complexity index is 469. The van der Waals surface area contributed by atoms with Gasteiger partial charge in [0, 0.05) is 0 Å². The molecule has 0 saturated heterocycles. The summed E-state index contributed by atoms with van der Waals surface area (Å²) in [6.45, 7) is 7.28. The number of rotatable bonds is 6. The van der Waals surface area contributed by atoms with Gasteiger partial charge < -0.3 is 9.47 Å². The van der Waals surface area contributed by atoms with Gasteiger partial charge >= 0.3 is 0 Å². The molecule has 0 amide bonds. The lowest BCUT2D eigenvalue weighted by atomic mass is 9.76. The van der Waals surface area contributed by atoms with Gasteiger partial charge in [-0.1, -0.05) is 26.0 Å². The molecule has 0 heterocycles. The Kier molecular flexibility index (Phi) is 5.40. The van der Waals surface area contributed by atoms with Crippen LogP contribution in [0.15, 0.2) is 24.3 Å². The summed E-state index contributed by atoms with van der Waals surface area (Å²) in [6.07, 6.45) is 5.09. The van der Waals surface area contributed by atoms with Crippen molar-refractivity contribution in [3.63, 3.8) is 0 Å². The van der Waals surface area contributed by atoms with E-state index in [1.165, 1.54) is 12.8 Å². The number of para-hydroxylation sites is 1. The zero-order chi connectivity index (χ0) is 15.3. The van der Waals surface area contributed by atoms with Crippen LogP contribution in [0.5, 0.6) is 5.75 Å². The molecular weight excluding hydrogens is 264 g/mol. The summed E-state index contributed by atoms with van der Waals surface area (Å²) in [5.41, 5.74) is 1.11. The van der Waals surface area contributed by atoms with Crippen LogP contribution >= 0.6 is 0 Å². The maximum Gasteiger partial charge on any atom is 0.163 e. The Balaban J connectivity index is 1.72. The highest BCUT2D eigenvalue weighted by Crippen LogP contribution is 2.36. The zero-order valence-electron chi connectivity index (χ0n) is 13.4. The van der Waals surface area contributed by atoms with Crippen LogP contribution in [0.4, 0.5) is 0 Å². The Hall–Kier alpha value is -1.35. The molecular formula is C18H26O3. The van der Waals surface area contributed by atoms with Crippen molar-refractivity contribution in [1.82, 2.24) is 0 Å². The van der Waals surface area contributed by atoms with E-state index in [1.807, 2.05) is 18.2 Å². The number of hydrogen-bond acceptors (Lipinski definition) is 3. The Morgan fingerprint density at radius 3 is 2.52 bits per heavy atom. The molecule has 1 aliphatic rings. The normalized spacial score (nSPS) is 18.4. The molecule has 0 aliphatic heterocycles. The van der Waals surface area contributed by atoms with Crippen molar-refractivity contribution in [2.75, 3.05) is 13.2 Å². The second-order valence-electron chi connectivity index (χ2n) is 6.64. The minimum atomic E-state index is 0.0287. The first-order valence-corrected chi connectivity index (χ1v) is 7.82. The van der Waals surface area contributed by atoms with Crippen molar-refractivity contribution in [2.24, 2.45) is 5.41 Å². The van der Waals surface area contributed by atoms with Gasteiger partial charge in [-0.15, -0.1) is 0 Å². The molecule has 0 radical (unpaired) electrons. The Morgan fingerprint density at radius 1 is 1.19 bits per heavy atom. The van der Waals surface area contributed by atoms with Crippen LogP contribution in [0, 0.1) is 5.41 Å². The summed E-state index contributed by atoms with van der Waals surface area (Å²) in [5.74, 6) is 0.680. The quantitative estimate of drug-likeness (QED) is 0.580. The lowest BCUT2D eigenvalue weighted by Gasteiger charge is -2.34. The highest BCUT2D eigenvalue weighted by molar-refractivity contribution is 5.96. The van der Waals surface area contributed by atoms with Gasteiger partial charge in [0.2, 0.25) is 0 Å². The second-order valence-corrected chi connectivity index (χ2v) is 6.64. The monoisotopic (exact) mass is 290 g/mol. The third-order valence-corrected chi connectivity index (χ3v) is 4.25. The fraction of sp³-hybridized carbons (Fsp3) is 0.611. The van der Waals surface area contributed by atoms with E-state index in [0.29, 0.717) is 36.0 Å². The number of benzene rings is 1. The van der Waals surface area contributed by atoms with Crippen molar-refractivity contribution in [2.45, 2.75) is 52.6 Å². The predicted octanol–water partition coefficient (Wildman–Crippen LogP) is 4.25. The van der Waals surface area contributed by atoms with Crippen LogP contribution in [0.3, 0.4) is 0 Å². The number of ether oxygens (including phenoxy) is 2. The minimum absolute atomic E-state index is 0.0287. The lowest BCUT2D eigenvalue weighted by molar-refractivity contribution is -0.00738. The van der Waals surface area contributed by atoms with Gasteiger partial charge in [-0.2, -0.15) is 0 Å². The second kappa shape index (κ2) is 7.08. The molecule has 1 aromatic carbocycles. The van der Waals surface area contributed by atoms with Crippen LogP contribution in [-0.2, 0) is 4.74 Å². The van der Waals surface area contributed by atoms with Crippen LogP contribution in [0.2, 0.25) is 0 Å². The van der Waals surface area contributed by atoms with Crippen LogP contribution in [0.1, 0.15) is 56.8 Å². The van der Waals surface area contributed by atoms with E-state index in [4.69, 9.17) is 9.47 Å². The summed E-state index contributed by atoms with van der Waals surface area (Å²) >= 11 is 0. The van der Waals surface area contributed by atoms with Gasteiger partial charge in [0.15, 0.2) is 5.78 Å². The van der Waals surface area contributed by atoms with Crippen molar-refractivity contribution in [1.29, 1.82) is 0 Å². The predicted molar refractivity (Wildman–Crippen MR) is 83.9 cm³/mol. The summed E-state index contributed by atoms with van der Waals surface area (Å²) in [6, 6.07) is 7.36. The maximum absolute atomic E-state index is 11.5. The van der Waals surface area contributed by atoms with E-state index in [0.717, 1.165) is 12.8 Å². The van der Waals surface area contributed by atoms with Gasteiger partial charge in [-0.05, 0) is 50.2 Å². The molecule has 1 fully saturated rings. The van der Waals surface area contributed by atoms with E-state index < -0.39 is 0 Å². The highest BCUT2D eigenvalue weighted by Gasteiger charge is 2.26. The van der Waals surface area contributed by atoms with Crippen molar-refractivity contribution < 1.29 is 14.3 Å². The summed E-state index contributed by atoms with van der Waals surface area (Å²) in [4.78, 5) is 11.5. The summed E-state index contributed by atoms with van der Waals surface area (Å²) in [5, 5.41) is 0. The lowest BCUT2D eigenvalue weighted by Crippen LogP contribution is -2.27. The summed E-state index contributed by atoms with van der Waals surface area (Å²) in [7, 11) is 0. The van der Waals surface area contributed by atoms with E-state index in [9.17, 15) is 4.79 Å². The van der Waals surface area contributed by atoms with E-state index in [-0.39, 0.29) is 5.78 Å². The first-order chi connectivity index (χ1) is 9.98. The number of Topliss-reactive ketones (excluding diaryl/α,β-unsaturated/α-hetero) is 1. The van der Waals surface area contributed by atoms with Gasteiger partial charge in [0.05, 0.1) is 18.3 Å². The largest absolute Gasteiger partial charge is 0.490 e. The molecule has 1 aliphatic carbocycles. The van der Waals surface area contributed by atoms with Crippen LogP contribution < -0.4 is 4.74 Å². The van der Waals surface area contributed by atoms with Crippen molar-refractivity contribution in [3.05, 3.63) is 29.8 Å². The molecule has 0 aromatic heterocycles. The molecule has 116 valence electrons. The van der Waals surface area contributed by atoms with E-state index >= 15 is 0 Å². The van der Waals surface area contributed by atoms with Gasteiger partial charge in [-0.3, -0.25) is 4.79 Å². The zero-order valence-corrected chi connectivity index (χ0v) is 13.4. The van der Waals surface area contributed by atoms with Crippen LogP contribution in [-0.4, -0.2) is 25.1 Å². The molecule has 0 N–H and O–H groups in total. The molecule has 3 nitrogen and oxygen atoms in total. The van der Waals surface area contributed by atoms with Gasteiger partial charge in [0.25, 0.3) is 0 Å². The molecule has 1 aromatic rings. The van der Waals surface area contributed by atoms with Crippen molar-refractivity contribution >= 4 is 5.78 Å². The Morgan fingerprint density at radius 2 is 1.86 bits per heavy atom. The molecule has 0 atom stereocenters. The number of carbonyl (C=O) groups is 1. The standard InChI is InChI=1S/C18H26O3/c1-14(19)16-6-4-5-7-17(16)21-13-12-20-15-8-10-18(2,3)11-9-15/h4-7,15H,8-13H2,1-3H3. The highest BCUT2D eigenvalue weighted by atomic mass is 16.5. The first kappa shape index (κ1) is 16.0. The number of carbonyl (C=O) groups excluding carboxylic acids is 1. The SMILES string of the molecule is CC(=O)c1ccccc1OCCOC1CCC(C)(C)CC1. The van der Waals surface area contributed by atoms with E-state index in [1.54, 1.807) is 13.0 Å². The average Bonchev–Trinajstić information content (AvgIpc) is 2.45. The topological polar surface area (TPSA) is 35.5 Å². The van der Waals surface area contributed by atoms with E-state index in [2.05, 4.69) is 13.8 Å². The fourth-order valence-corrected chi connectivity index (χ4v) is 2.79. The van der Waals surface area contributed by atoms with Crippen LogP contribution in [0.25, 0.3) is 0 Å². The molecule has 3 heteroatoms.